The summed E-state index contributed by atoms with van der Waals surface area (Å²) in [5, 5.41) is 8.73. The van der Waals surface area contributed by atoms with Crippen molar-refractivity contribution in [3.05, 3.63) is 42.4 Å². The molecule has 2 aromatic rings. The Balaban J connectivity index is 2.41. The van der Waals surface area contributed by atoms with Gasteiger partial charge in [-0.1, -0.05) is 0 Å². The van der Waals surface area contributed by atoms with Crippen molar-refractivity contribution < 1.29 is 14.6 Å². The number of nitrogens with zero attached hydrogens (tertiary/aromatic N) is 2. The maximum absolute atomic E-state index is 10.6. The van der Waals surface area contributed by atoms with Crippen molar-refractivity contribution in [2.45, 2.75) is 6.42 Å². The van der Waals surface area contributed by atoms with Gasteiger partial charge < -0.3 is 9.84 Å². The molecule has 0 saturated heterocycles. The fourth-order valence-corrected chi connectivity index (χ4v) is 1.64. The summed E-state index contributed by atoms with van der Waals surface area (Å²) >= 11 is 0. The number of carboxylic acid groups (broad SMARTS) is 1. The Kier molecular flexibility index (Phi) is 3.52. The smallest absolute Gasteiger partial charge is 0.309 e. The minimum atomic E-state index is -0.916. The topological polar surface area (TPSA) is 72.3 Å². The number of methoxy groups -OCH3 is 1. The van der Waals surface area contributed by atoms with Crippen LogP contribution in [0.2, 0.25) is 0 Å². The number of hydrogen-bond acceptors (Lipinski definition) is 4. The number of aliphatic carboxylic acids is 1. The van der Waals surface area contributed by atoms with E-state index in [9.17, 15) is 4.79 Å². The summed E-state index contributed by atoms with van der Waals surface area (Å²) in [6.45, 7) is 0. The van der Waals surface area contributed by atoms with Gasteiger partial charge in [0.15, 0.2) is 0 Å². The molecule has 0 aliphatic heterocycles. The van der Waals surface area contributed by atoms with Crippen molar-refractivity contribution in [2.75, 3.05) is 7.11 Å². The highest BCUT2D eigenvalue weighted by atomic mass is 16.5. The Morgan fingerprint density at radius 3 is 2.61 bits per heavy atom. The number of aromatic nitrogens is 2. The van der Waals surface area contributed by atoms with E-state index in [0.29, 0.717) is 11.6 Å². The van der Waals surface area contributed by atoms with Crippen molar-refractivity contribution in [1.29, 1.82) is 0 Å². The van der Waals surface area contributed by atoms with Crippen molar-refractivity contribution in [3.63, 3.8) is 0 Å². The molecule has 0 radical (unpaired) electrons. The minimum Gasteiger partial charge on any atom is -0.481 e. The second-order valence-corrected chi connectivity index (χ2v) is 3.67. The van der Waals surface area contributed by atoms with Crippen molar-refractivity contribution in [3.8, 4) is 17.0 Å². The van der Waals surface area contributed by atoms with Crippen LogP contribution in [0.4, 0.5) is 0 Å². The molecule has 5 nitrogen and oxygen atoms in total. The van der Waals surface area contributed by atoms with Crippen LogP contribution in [0.5, 0.6) is 5.88 Å². The molecule has 5 heteroatoms. The third kappa shape index (κ3) is 2.63. The predicted octanol–water partition coefficient (Wildman–Crippen LogP) is 1.78. The van der Waals surface area contributed by atoms with Gasteiger partial charge in [0.05, 0.1) is 19.2 Å². The lowest BCUT2D eigenvalue weighted by Gasteiger charge is -2.08. The largest absolute Gasteiger partial charge is 0.481 e. The number of ether oxygens (including phenoxy) is 1. The predicted molar refractivity (Wildman–Crippen MR) is 65.4 cm³/mol. The van der Waals surface area contributed by atoms with Crippen LogP contribution >= 0.6 is 0 Å². The SMILES string of the molecule is COc1nc(CC(=O)O)ccc1-c1ccncc1. The van der Waals surface area contributed by atoms with E-state index in [-0.39, 0.29) is 6.42 Å². The molecule has 0 unspecified atom stereocenters. The zero-order chi connectivity index (χ0) is 13.0. The van der Waals surface area contributed by atoms with Gasteiger partial charge in [-0.25, -0.2) is 4.98 Å². The van der Waals surface area contributed by atoms with Crippen molar-refractivity contribution in [1.82, 2.24) is 9.97 Å². The molecule has 0 aliphatic rings. The van der Waals surface area contributed by atoms with E-state index < -0.39 is 5.97 Å². The van der Waals surface area contributed by atoms with E-state index in [1.165, 1.54) is 7.11 Å². The zero-order valence-corrected chi connectivity index (χ0v) is 9.83. The van der Waals surface area contributed by atoms with Gasteiger partial charge in [-0.3, -0.25) is 9.78 Å². The second-order valence-electron chi connectivity index (χ2n) is 3.67. The van der Waals surface area contributed by atoms with Crippen LogP contribution in [0.15, 0.2) is 36.7 Å². The van der Waals surface area contributed by atoms with Gasteiger partial charge in [-0.15, -0.1) is 0 Å². The average molecular weight is 244 g/mol. The lowest BCUT2D eigenvalue weighted by atomic mass is 10.1. The van der Waals surface area contributed by atoms with Gasteiger partial charge in [0.1, 0.15) is 0 Å². The van der Waals surface area contributed by atoms with E-state index in [4.69, 9.17) is 9.84 Å². The van der Waals surface area contributed by atoms with Crippen LogP contribution in [-0.4, -0.2) is 28.2 Å². The molecule has 92 valence electrons. The number of hydrogen-bond donors (Lipinski definition) is 1. The van der Waals surface area contributed by atoms with E-state index in [0.717, 1.165) is 11.1 Å². The summed E-state index contributed by atoms with van der Waals surface area (Å²) in [7, 11) is 1.51. The highest BCUT2D eigenvalue weighted by molar-refractivity contribution is 5.71. The normalized spacial score (nSPS) is 10.1. The minimum absolute atomic E-state index is 0.118. The maximum Gasteiger partial charge on any atom is 0.309 e. The second kappa shape index (κ2) is 5.27. The molecule has 0 fully saturated rings. The average Bonchev–Trinajstić information content (AvgIpc) is 2.39. The Hall–Kier alpha value is -2.43. The van der Waals surface area contributed by atoms with E-state index >= 15 is 0 Å². The molecular weight excluding hydrogens is 232 g/mol. The molecule has 1 N–H and O–H groups in total. The first-order valence-corrected chi connectivity index (χ1v) is 5.37. The quantitative estimate of drug-likeness (QED) is 0.887. The summed E-state index contributed by atoms with van der Waals surface area (Å²) in [5.74, 6) is -0.499. The number of rotatable bonds is 4. The molecule has 0 amide bonds. The third-order valence-electron chi connectivity index (χ3n) is 2.43. The fraction of sp³-hybridized carbons (Fsp3) is 0.154. The van der Waals surface area contributed by atoms with Gasteiger partial charge in [0.2, 0.25) is 5.88 Å². The van der Waals surface area contributed by atoms with Crippen LogP contribution in [0.25, 0.3) is 11.1 Å². The van der Waals surface area contributed by atoms with Crippen LogP contribution in [0.1, 0.15) is 5.69 Å². The van der Waals surface area contributed by atoms with Crippen LogP contribution in [0, 0.1) is 0 Å². The first kappa shape index (κ1) is 12.0. The Labute approximate surface area is 104 Å². The third-order valence-corrected chi connectivity index (χ3v) is 2.43. The Morgan fingerprint density at radius 1 is 1.28 bits per heavy atom. The van der Waals surface area contributed by atoms with Crippen molar-refractivity contribution in [2.24, 2.45) is 0 Å². The van der Waals surface area contributed by atoms with Gasteiger partial charge in [0, 0.05) is 18.0 Å². The molecule has 0 aliphatic carbocycles. The summed E-state index contributed by atoms with van der Waals surface area (Å²) in [6.07, 6.45) is 3.24. The lowest BCUT2D eigenvalue weighted by Crippen LogP contribution is -2.03. The van der Waals surface area contributed by atoms with Gasteiger partial charge in [0.25, 0.3) is 0 Å². The van der Waals surface area contributed by atoms with E-state index in [2.05, 4.69) is 9.97 Å². The van der Waals surface area contributed by atoms with Crippen LogP contribution < -0.4 is 4.74 Å². The summed E-state index contributed by atoms with van der Waals surface area (Å²) in [5.41, 5.74) is 2.21. The van der Waals surface area contributed by atoms with E-state index in [1.54, 1.807) is 24.5 Å². The monoisotopic (exact) mass is 244 g/mol. The Bertz CT molecular complexity index is 555. The molecule has 0 atom stereocenters. The standard InChI is InChI=1S/C13H12N2O3/c1-18-13-11(9-4-6-14-7-5-9)3-2-10(15-13)8-12(16)17/h2-7H,8H2,1H3,(H,16,17). The number of carbonyl (C=O) groups is 1. The molecular formula is C13H12N2O3. The molecule has 2 aromatic heterocycles. The van der Waals surface area contributed by atoms with Gasteiger partial charge in [-0.2, -0.15) is 0 Å². The molecule has 2 rings (SSSR count). The maximum atomic E-state index is 10.6. The zero-order valence-electron chi connectivity index (χ0n) is 9.83. The van der Waals surface area contributed by atoms with Crippen LogP contribution in [0.3, 0.4) is 0 Å². The lowest BCUT2D eigenvalue weighted by molar-refractivity contribution is -0.136. The molecule has 0 aromatic carbocycles. The van der Waals surface area contributed by atoms with Gasteiger partial charge >= 0.3 is 5.97 Å². The summed E-state index contributed by atoms with van der Waals surface area (Å²) in [4.78, 5) is 18.8. The summed E-state index contributed by atoms with van der Waals surface area (Å²) in [6, 6.07) is 7.18. The summed E-state index contributed by atoms with van der Waals surface area (Å²) < 4.78 is 5.20. The van der Waals surface area contributed by atoms with E-state index in [1.807, 2.05) is 12.1 Å². The highest BCUT2D eigenvalue weighted by Crippen LogP contribution is 2.27. The molecule has 0 spiro atoms. The number of pyridine rings is 2. The first-order valence-electron chi connectivity index (χ1n) is 5.37. The molecule has 0 bridgehead atoms. The fourth-order valence-electron chi connectivity index (χ4n) is 1.64. The molecule has 18 heavy (non-hydrogen) atoms. The number of carboxylic acids is 1. The van der Waals surface area contributed by atoms with Gasteiger partial charge in [-0.05, 0) is 29.8 Å². The Morgan fingerprint density at radius 2 is 2.00 bits per heavy atom. The molecule has 2 heterocycles. The highest BCUT2D eigenvalue weighted by Gasteiger charge is 2.10. The first-order chi connectivity index (χ1) is 8.70. The molecule has 0 saturated carbocycles. The van der Waals surface area contributed by atoms with Crippen LogP contribution in [-0.2, 0) is 11.2 Å². The van der Waals surface area contributed by atoms with Crippen molar-refractivity contribution >= 4 is 5.97 Å².